The summed E-state index contributed by atoms with van der Waals surface area (Å²) in [6.45, 7) is 4.21. The first kappa shape index (κ1) is 27.4. The summed E-state index contributed by atoms with van der Waals surface area (Å²) in [5.74, 6) is 0.0791. The molecular weight excluding hydrogens is 533 g/mol. The van der Waals surface area contributed by atoms with Crippen LogP contribution in [0.2, 0.25) is 0 Å². The number of rotatable bonds is 8. The molecule has 12 heteroatoms. The maximum absolute atomic E-state index is 14.4. The fourth-order valence-electron chi connectivity index (χ4n) is 4.64. The number of piperidine rings is 1. The summed E-state index contributed by atoms with van der Waals surface area (Å²) in [6.07, 6.45) is 5.12. The lowest BCUT2D eigenvalue weighted by Crippen LogP contribution is -2.38. The fraction of sp³-hybridized carbons (Fsp3) is 0.286. The molecule has 0 saturated carbocycles. The van der Waals surface area contributed by atoms with Crippen LogP contribution >= 0.6 is 11.8 Å². The highest BCUT2D eigenvalue weighted by Gasteiger charge is 2.26. The average molecular weight is 562 g/mol. The molecule has 0 bridgehead atoms. The molecule has 3 N–H and O–H groups in total. The summed E-state index contributed by atoms with van der Waals surface area (Å²) in [4.78, 5) is 50.6. The Labute approximate surface area is 234 Å². The van der Waals surface area contributed by atoms with Crippen molar-refractivity contribution in [2.24, 2.45) is 5.92 Å². The third kappa shape index (κ3) is 7.07. The standard InChI is InChI=1S/C28H28FN7O3S/c1-17(37)32-21-4-2-3-19(11-21)24-13-20(29)12-23(33-24)16-30-15-18-6-9-36(10-7-18)27-31-8-5-22(34-27)14-25-26(38)35-28(39)40-25/h2-5,8,11-14,18,30H,6-7,9-10,15-16H2,1H3,(H,32,37)(H,35,38,39). The molecule has 0 spiro atoms. The quantitative estimate of drug-likeness (QED) is 0.350. The smallest absolute Gasteiger partial charge is 0.290 e. The number of nitrogens with one attached hydrogen (secondary N) is 3. The summed E-state index contributed by atoms with van der Waals surface area (Å²) in [7, 11) is 0. The lowest BCUT2D eigenvalue weighted by atomic mass is 9.97. The fourth-order valence-corrected chi connectivity index (χ4v) is 5.31. The molecule has 2 aliphatic rings. The molecule has 206 valence electrons. The van der Waals surface area contributed by atoms with Gasteiger partial charge in [-0.05, 0) is 67.4 Å². The van der Waals surface area contributed by atoms with Gasteiger partial charge in [-0.25, -0.2) is 14.4 Å². The Morgan fingerprint density at radius 3 is 2.75 bits per heavy atom. The van der Waals surface area contributed by atoms with Crippen molar-refractivity contribution in [2.75, 3.05) is 29.9 Å². The molecule has 10 nitrogen and oxygen atoms in total. The highest BCUT2D eigenvalue weighted by Crippen LogP contribution is 2.26. The average Bonchev–Trinajstić information content (AvgIpc) is 3.24. The van der Waals surface area contributed by atoms with Crippen molar-refractivity contribution < 1.29 is 18.8 Å². The van der Waals surface area contributed by atoms with Crippen molar-refractivity contribution in [2.45, 2.75) is 26.3 Å². The summed E-state index contributed by atoms with van der Waals surface area (Å²) in [5, 5.41) is 8.00. The minimum absolute atomic E-state index is 0.175. The van der Waals surface area contributed by atoms with Gasteiger partial charge in [0, 0.05) is 50.1 Å². The Morgan fingerprint density at radius 1 is 1.18 bits per heavy atom. The van der Waals surface area contributed by atoms with E-state index < -0.39 is 5.91 Å². The second kappa shape index (κ2) is 12.3. The Kier molecular flexibility index (Phi) is 8.46. The molecule has 2 aromatic heterocycles. The van der Waals surface area contributed by atoms with Crippen molar-refractivity contribution in [3.05, 3.63) is 70.8 Å². The topological polar surface area (TPSA) is 129 Å². The van der Waals surface area contributed by atoms with E-state index in [1.807, 2.05) is 6.07 Å². The van der Waals surface area contributed by atoms with Crippen LogP contribution in [0.1, 0.15) is 31.2 Å². The number of imide groups is 1. The molecule has 0 radical (unpaired) electrons. The summed E-state index contributed by atoms with van der Waals surface area (Å²) < 4.78 is 14.4. The molecule has 5 rings (SSSR count). The van der Waals surface area contributed by atoms with Gasteiger partial charge in [-0.3, -0.25) is 24.7 Å². The van der Waals surface area contributed by atoms with Crippen LogP contribution in [0.25, 0.3) is 17.3 Å². The zero-order valence-electron chi connectivity index (χ0n) is 21.8. The van der Waals surface area contributed by atoms with Crippen molar-refractivity contribution in [3.8, 4) is 11.3 Å². The lowest BCUT2D eigenvalue weighted by Gasteiger charge is -2.32. The van der Waals surface area contributed by atoms with Crippen molar-refractivity contribution in [1.82, 2.24) is 25.6 Å². The molecule has 2 aliphatic heterocycles. The largest absolute Gasteiger partial charge is 0.341 e. The Balaban J connectivity index is 1.13. The SMILES string of the molecule is CC(=O)Nc1cccc(-c2cc(F)cc(CNCC3CCN(c4nccc(C=C5SC(=O)NC5=O)n4)CC3)n2)c1. The molecule has 3 aromatic rings. The second-order valence-corrected chi connectivity index (χ2v) is 10.6. The minimum Gasteiger partial charge on any atom is -0.341 e. The van der Waals surface area contributed by atoms with Crippen LogP contribution in [0.4, 0.5) is 20.8 Å². The number of amides is 3. The molecule has 2 saturated heterocycles. The van der Waals surface area contributed by atoms with E-state index in [9.17, 15) is 18.8 Å². The molecule has 3 amide bonds. The minimum atomic E-state index is -0.413. The molecule has 0 unspecified atom stereocenters. The van der Waals surface area contributed by atoms with Gasteiger partial charge in [0.15, 0.2) is 0 Å². The van der Waals surface area contributed by atoms with E-state index in [0.29, 0.717) is 46.1 Å². The summed E-state index contributed by atoms with van der Waals surface area (Å²) >= 11 is 0.860. The molecule has 1 aromatic carbocycles. The van der Waals surface area contributed by atoms with E-state index in [2.05, 4.69) is 35.8 Å². The number of hydrogen-bond donors (Lipinski definition) is 3. The first-order valence-electron chi connectivity index (χ1n) is 12.9. The van der Waals surface area contributed by atoms with Crippen LogP contribution in [0.5, 0.6) is 0 Å². The Bertz CT molecular complexity index is 1470. The van der Waals surface area contributed by atoms with Gasteiger partial charge in [0.1, 0.15) is 5.82 Å². The van der Waals surface area contributed by atoms with Crippen LogP contribution in [0, 0.1) is 11.7 Å². The second-order valence-electron chi connectivity index (χ2n) is 9.62. The first-order chi connectivity index (χ1) is 19.3. The normalized spacial score (nSPS) is 16.9. The number of hydrogen-bond acceptors (Lipinski definition) is 9. The summed E-state index contributed by atoms with van der Waals surface area (Å²) in [5.41, 5.74) is 3.04. The highest BCUT2D eigenvalue weighted by molar-refractivity contribution is 8.18. The highest BCUT2D eigenvalue weighted by atomic mass is 32.2. The summed E-state index contributed by atoms with van der Waals surface area (Å²) in [6, 6.07) is 11.7. The van der Waals surface area contributed by atoms with Gasteiger partial charge in [0.2, 0.25) is 11.9 Å². The molecule has 40 heavy (non-hydrogen) atoms. The van der Waals surface area contributed by atoms with Crippen molar-refractivity contribution in [1.29, 1.82) is 0 Å². The lowest BCUT2D eigenvalue weighted by molar-refractivity contribution is -0.115. The molecule has 2 fully saturated rings. The van der Waals surface area contributed by atoms with Gasteiger partial charge in [-0.2, -0.15) is 0 Å². The molecule has 4 heterocycles. The van der Waals surface area contributed by atoms with E-state index in [1.54, 1.807) is 36.5 Å². The van der Waals surface area contributed by atoms with E-state index in [-0.39, 0.29) is 17.0 Å². The molecule has 0 aliphatic carbocycles. The predicted octanol–water partition coefficient (Wildman–Crippen LogP) is 3.97. The number of thioether (sulfide) groups is 1. The Morgan fingerprint density at radius 2 is 2.00 bits per heavy atom. The van der Waals surface area contributed by atoms with Crippen LogP contribution in [0.15, 0.2) is 53.6 Å². The van der Waals surface area contributed by atoms with Gasteiger partial charge in [-0.1, -0.05) is 12.1 Å². The van der Waals surface area contributed by atoms with E-state index in [1.165, 1.54) is 19.1 Å². The zero-order chi connectivity index (χ0) is 28.1. The van der Waals surface area contributed by atoms with Crippen LogP contribution < -0.4 is 20.9 Å². The number of halogens is 1. The monoisotopic (exact) mass is 561 g/mol. The third-order valence-electron chi connectivity index (χ3n) is 6.54. The van der Waals surface area contributed by atoms with Gasteiger partial charge >= 0.3 is 0 Å². The van der Waals surface area contributed by atoms with Gasteiger partial charge in [0.25, 0.3) is 11.1 Å². The van der Waals surface area contributed by atoms with Gasteiger partial charge in [-0.15, -0.1) is 0 Å². The number of pyridine rings is 1. The van der Waals surface area contributed by atoms with Gasteiger partial charge < -0.3 is 15.5 Å². The van der Waals surface area contributed by atoms with Crippen molar-refractivity contribution >= 4 is 46.5 Å². The molecule has 0 atom stereocenters. The number of carbonyl (C=O) groups is 3. The third-order valence-corrected chi connectivity index (χ3v) is 7.35. The number of carbonyl (C=O) groups excluding carboxylic acids is 3. The van der Waals surface area contributed by atoms with Crippen molar-refractivity contribution in [3.63, 3.8) is 0 Å². The van der Waals surface area contributed by atoms with E-state index >= 15 is 0 Å². The number of aromatic nitrogens is 3. The van der Waals surface area contributed by atoms with Gasteiger partial charge in [0.05, 0.1) is 22.0 Å². The maximum atomic E-state index is 14.4. The van der Waals surface area contributed by atoms with Crippen LogP contribution in [-0.4, -0.2) is 51.6 Å². The van der Waals surface area contributed by atoms with Crippen LogP contribution in [0.3, 0.4) is 0 Å². The zero-order valence-corrected chi connectivity index (χ0v) is 22.6. The van der Waals surface area contributed by atoms with E-state index in [0.717, 1.165) is 49.8 Å². The number of benzene rings is 1. The molecular formula is C28H28FN7O3S. The Hall–Kier alpha value is -4.16. The van der Waals surface area contributed by atoms with Crippen LogP contribution in [-0.2, 0) is 16.1 Å². The maximum Gasteiger partial charge on any atom is 0.290 e. The first-order valence-corrected chi connectivity index (χ1v) is 13.7. The predicted molar refractivity (Wildman–Crippen MR) is 152 cm³/mol. The number of anilines is 2. The van der Waals surface area contributed by atoms with E-state index in [4.69, 9.17) is 0 Å². The number of nitrogens with zero attached hydrogens (tertiary/aromatic N) is 4.